The second kappa shape index (κ2) is 3.85. The normalized spacial score (nSPS) is 11.4. The molecular weight excluding hydrogens is 166 g/mol. The van der Waals surface area contributed by atoms with Crippen molar-refractivity contribution in [2.24, 2.45) is 0 Å². The van der Waals surface area contributed by atoms with Crippen LogP contribution < -0.4 is 0 Å². The minimum absolute atomic E-state index is 0.00764. The van der Waals surface area contributed by atoms with E-state index in [1.54, 1.807) is 25.3 Å². The Morgan fingerprint density at radius 2 is 2.31 bits per heavy atom. The molecule has 13 heavy (non-hydrogen) atoms. The maximum absolute atomic E-state index is 11.4. The third-order valence-corrected chi connectivity index (χ3v) is 1.61. The van der Waals surface area contributed by atoms with Crippen LogP contribution in [-0.4, -0.2) is 15.9 Å². The van der Waals surface area contributed by atoms with Crippen molar-refractivity contribution in [3.63, 3.8) is 0 Å². The molecule has 1 aromatic heterocycles. The Morgan fingerprint density at radius 3 is 2.85 bits per heavy atom. The largest absolute Gasteiger partial charge is 0.512 e. The van der Waals surface area contributed by atoms with E-state index in [9.17, 15) is 4.79 Å². The highest BCUT2D eigenvalue weighted by Crippen LogP contribution is 2.06. The third kappa shape index (κ3) is 2.40. The summed E-state index contributed by atoms with van der Waals surface area (Å²) >= 11 is 0. The average molecular weight is 177 g/mol. The predicted molar refractivity (Wildman–Crippen MR) is 49.7 cm³/mol. The second-order valence-electron chi connectivity index (χ2n) is 2.79. The number of aliphatic hydroxyl groups is 1. The molecule has 1 aromatic rings. The van der Waals surface area contributed by atoms with Gasteiger partial charge < -0.3 is 5.11 Å². The fraction of sp³-hybridized carbons (Fsp3) is 0.200. The van der Waals surface area contributed by atoms with E-state index in [1.165, 1.54) is 13.0 Å². The molecule has 0 aliphatic carbocycles. The number of rotatable bonds is 2. The highest BCUT2D eigenvalue weighted by atomic mass is 16.3. The molecule has 1 heterocycles. The van der Waals surface area contributed by atoms with Crippen LogP contribution >= 0.6 is 0 Å². The third-order valence-electron chi connectivity index (χ3n) is 1.61. The van der Waals surface area contributed by atoms with Crippen molar-refractivity contribution >= 4 is 5.78 Å². The summed E-state index contributed by atoms with van der Waals surface area (Å²) in [7, 11) is 0. The number of pyridine rings is 1. The number of aryl methyl sites for hydroxylation is 1. The maximum Gasteiger partial charge on any atom is 0.190 e. The van der Waals surface area contributed by atoms with Crippen molar-refractivity contribution in [2.75, 3.05) is 0 Å². The van der Waals surface area contributed by atoms with Gasteiger partial charge in [-0.2, -0.15) is 0 Å². The van der Waals surface area contributed by atoms with Gasteiger partial charge in [-0.1, -0.05) is 0 Å². The van der Waals surface area contributed by atoms with Crippen LogP contribution in [0.15, 0.2) is 30.2 Å². The van der Waals surface area contributed by atoms with Crippen molar-refractivity contribution in [3.05, 3.63) is 41.4 Å². The van der Waals surface area contributed by atoms with Crippen LogP contribution in [0.4, 0.5) is 0 Å². The SMILES string of the molecule is CC(O)=CC(=O)c1cccnc1C. The van der Waals surface area contributed by atoms with Crippen LogP contribution in [0.3, 0.4) is 0 Å². The van der Waals surface area contributed by atoms with E-state index in [2.05, 4.69) is 4.98 Å². The zero-order chi connectivity index (χ0) is 9.84. The maximum atomic E-state index is 11.4. The molecule has 68 valence electrons. The Labute approximate surface area is 76.7 Å². The fourth-order valence-corrected chi connectivity index (χ4v) is 1.01. The molecule has 0 aliphatic heterocycles. The van der Waals surface area contributed by atoms with Gasteiger partial charge in [0.15, 0.2) is 5.78 Å². The lowest BCUT2D eigenvalue weighted by molar-refractivity contribution is 0.104. The molecule has 0 unspecified atom stereocenters. The van der Waals surface area contributed by atoms with Gasteiger partial charge in [-0.15, -0.1) is 0 Å². The van der Waals surface area contributed by atoms with Crippen LogP contribution in [0.2, 0.25) is 0 Å². The van der Waals surface area contributed by atoms with Gasteiger partial charge in [0.1, 0.15) is 0 Å². The monoisotopic (exact) mass is 177 g/mol. The van der Waals surface area contributed by atoms with E-state index >= 15 is 0 Å². The zero-order valence-corrected chi connectivity index (χ0v) is 7.61. The lowest BCUT2D eigenvalue weighted by Crippen LogP contribution is -2.00. The topological polar surface area (TPSA) is 50.2 Å². The van der Waals surface area contributed by atoms with E-state index in [0.29, 0.717) is 11.3 Å². The number of carbonyl (C=O) groups is 1. The van der Waals surface area contributed by atoms with Gasteiger partial charge in [0, 0.05) is 23.5 Å². The molecule has 0 saturated heterocycles. The van der Waals surface area contributed by atoms with Crippen molar-refractivity contribution in [2.45, 2.75) is 13.8 Å². The molecule has 0 saturated carbocycles. The summed E-state index contributed by atoms with van der Waals surface area (Å²) in [6, 6.07) is 3.38. The summed E-state index contributed by atoms with van der Waals surface area (Å²) in [5, 5.41) is 8.89. The van der Waals surface area contributed by atoms with Crippen molar-refractivity contribution < 1.29 is 9.90 Å². The molecule has 3 nitrogen and oxygen atoms in total. The number of nitrogens with zero attached hydrogens (tertiary/aromatic N) is 1. The molecule has 0 fully saturated rings. The van der Waals surface area contributed by atoms with Gasteiger partial charge in [0.2, 0.25) is 0 Å². The first kappa shape index (κ1) is 9.45. The van der Waals surface area contributed by atoms with Gasteiger partial charge in [-0.25, -0.2) is 0 Å². The molecule has 0 aromatic carbocycles. The Kier molecular flexibility index (Phi) is 2.80. The summed E-state index contributed by atoms with van der Waals surface area (Å²) in [4.78, 5) is 15.4. The van der Waals surface area contributed by atoms with Gasteiger partial charge in [0.05, 0.1) is 5.76 Å². The average Bonchev–Trinajstić information content (AvgIpc) is 2.03. The minimum Gasteiger partial charge on any atom is -0.512 e. The van der Waals surface area contributed by atoms with Crippen molar-refractivity contribution in [1.82, 2.24) is 4.98 Å². The number of allylic oxidation sites excluding steroid dienone is 2. The van der Waals surface area contributed by atoms with E-state index in [0.717, 1.165) is 0 Å². The first-order chi connectivity index (χ1) is 6.11. The van der Waals surface area contributed by atoms with E-state index < -0.39 is 0 Å². The standard InChI is InChI=1S/C10H11NO2/c1-7(12)6-10(13)9-4-3-5-11-8(9)2/h3-6,12H,1-2H3. The summed E-state index contributed by atoms with van der Waals surface area (Å²) in [6.45, 7) is 3.22. The van der Waals surface area contributed by atoms with Crippen molar-refractivity contribution in [3.8, 4) is 0 Å². The summed E-state index contributed by atoms with van der Waals surface area (Å²) in [5.41, 5.74) is 1.20. The smallest absolute Gasteiger partial charge is 0.190 e. The molecule has 1 rings (SSSR count). The molecule has 0 atom stereocenters. The molecule has 0 bridgehead atoms. The van der Waals surface area contributed by atoms with Crippen LogP contribution in [0, 0.1) is 6.92 Å². The number of ketones is 1. The van der Waals surface area contributed by atoms with Gasteiger partial charge in [0.25, 0.3) is 0 Å². The molecule has 0 radical (unpaired) electrons. The molecule has 0 spiro atoms. The van der Waals surface area contributed by atoms with Crippen LogP contribution in [0.1, 0.15) is 23.0 Å². The molecular formula is C10H11NO2. The van der Waals surface area contributed by atoms with Gasteiger partial charge in [-0.3, -0.25) is 9.78 Å². The van der Waals surface area contributed by atoms with Gasteiger partial charge in [-0.05, 0) is 26.0 Å². The van der Waals surface area contributed by atoms with Crippen LogP contribution in [0.25, 0.3) is 0 Å². The van der Waals surface area contributed by atoms with Crippen LogP contribution in [0.5, 0.6) is 0 Å². The van der Waals surface area contributed by atoms with Gasteiger partial charge >= 0.3 is 0 Å². The number of aromatic nitrogens is 1. The lowest BCUT2D eigenvalue weighted by Gasteiger charge is -1.99. The van der Waals surface area contributed by atoms with Crippen molar-refractivity contribution in [1.29, 1.82) is 0 Å². The Balaban J connectivity index is 3.03. The van der Waals surface area contributed by atoms with Crippen LogP contribution in [-0.2, 0) is 0 Å². The number of aliphatic hydroxyl groups excluding tert-OH is 1. The molecule has 3 heteroatoms. The quantitative estimate of drug-likeness (QED) is 0.427. The Bertz CT molecular complexity index is 352. The number of hydrogen-bond acceptors (Lipinski definition) is 3. The van der Waals surface area contributed by atoms with E-state index in [1.807, 2.05) is 0 Å². The minimum atomic E-state index is -0.217. The molecule has 1 N–H and O–H groups in total. The first-order valence-electron chi connectivity index (χ1n) is 3.94. The van der Waals surface area contributed by atoms with E-state index in [-0.39, 0.29) is 11.5 Å². The molecule has 0 amide bonds. The Hall–Kier alpha value is -1.64. The zero-order valence-electron chi connectivity index (χ0n) is 7.61. The summed E-state index contributed by atoms with van der Waals surface area (Å²) < 4.78 is 0. The predicted octanol–water partition coefficient (Wildman–Crippen LogP) is 2.03. The van der Waals surface area contributed by atoms with E-state index in [4.69, 9.17) is 5.11 Å². The summed E-state index contributed by atoms with van der Waals surface area (Å²) in [5.74, 6) is -0.209. The first-order valence-corrected chi connectivity index (χ1v) is 3.94. The summed E-state index contributed by atoms with van der Waals surface area (Å²) in [6.07, 6.45) is 2.81. The highest BCUT2D eigenvalue weighted by molar-refractivity contribution is 6.05. The Morgan fingerprint density at radius 1 is 1.62 bits per heavy atom. The molecule has 0 aliphatic rings. The second-order valence-corrected chi connectivity index (χ2v) is 2.79. The highest BCUT2D eigenvalue weighted by Gasteiger charge is 2.05. The lowest BCUT2D eigenvalue weighted by atomic mass is 10.1. The number of hydrogen-bond donors (Lipinski definition) is 1. The fourth-order valence-electron chi connectivity index (χ4n) is 1.01. The number of carbonyl (C=O) groups excluding carboxylic acids is 1.